The minimum Gasteiger partial charge on any atom is -0.492 e. The summed E-state index contributed by atoms with van der Waals surface area (Å²) in [6, 6.07) is 8.52. The van der Waals surface area contributed by atoms with Crippen LogP contribution in [-0.4, -0.2) is 42.4 Å². The lowest BCUT2D eigenvalue weighted by atomic mass is 10.2. The fourth-order valence-electron chi connectivity index (χ4n) is 2.49. The van der Waals surface area contributed by atoms with Gasteiger partial charge in [-0.25, -0.2) is 0 Å². The molecule has 0 bridgehead atoms. The van der Waals surface area contributed by atoms with Crippen molar-refractivity contribution < 1.29 is 9.84 Å². The van der Waals surface area contributed by atoms with E-state index in [4.69, 9.17) is 9.84 Å². The smallest absolute Gasteiger partial charge is 0.120 e. The molecule has 0 aromatic heterocycles. The number of hydrogen-bond acceptors (Lipinski definition) is 3. The maximum atomic E-state index is 8.71. The molecule has 1 aromatic carbocycles. The Morgan fingerprint density at radius 1 is 1.45 bits per heavy atom. The van der Waals surface area contributed by atoms with E-state index >= 15 is 0 Å². The van der Waals surface area contributed by atoms with Gasteiger partial charge in [-0.1, -0.05) is 17.9 Å². The summed E-state index contributed by atoms with van der Waals surface area (Å²) >= 11 is 0. The van der Waals surface area contributed by atoms with Gasteiger partial charge in [0.1, 0.15) is 12.4 Å². The number of hydrogen-bond donors (Lipinski definition) is 1. The summed E-state index contributed by atoms with van der Waals surface area (Å²) in [5.74, 6) is 6.81. The summed E-state index contributed by atoms with van der Waals surface area (Å²) in [5.41, 5.74) is 0.936. The standard InChI is InChI=1S/C17H23NO2/c1-15-6-5-10-18(15)11-13-20-17-9-4-8-16(14-17)7-2-3-12-19/h4,8-9,14-15,19H,3,5-6,10-13H2,1H3. The van der Waals surface area contributed by atoms with Gasteiger partial charge in [-0.3, -0.25) is 4.90 Å². The van der Waals surface area contributed by atoms with Gasteiger partial charge in [0.15, 0.2) is 0 Å². The summed E-state index contributed by atoms with van der Waals surface area (Å²) < 4.78 is 5.80. The molecule has 1 aliphatic rings. The van der Waals surface area contributed by atoms with Gasteiger partial charge in [0.2, 0.25) is 0 Å². The van der Waals surface area contributed by atoms with Gasteiger partial charge in [-0.2, -0.15) is 0 Å². The van der Waals surface area contributed by atoms with E-state index in [1.54, 1.807) is 0 Å². The molecule has 3 nitrogen and oxygen atoms in total. The Kier molecular flexibility index (Phi) is 5.91. The molecular formula is C17H23NO2. The summed E-state index contributed by atoms with van der Waals surface area (Å²) in [5, 5.41) is 8.71. The van der Waals surface area contributed by atoms with E-state index in [-0.39, 0.29) is 6.61 Å². The number of nitrogens with zero attached hydrogens (tertiary/aromatic N) is 1. The molecule has 0 saturated carbocycles. The van der Waals surface area contributed by atoms with Crippen LogP contribution in [0, 0.1) is 11.8 Å². The van der Waals surface area contributed by atoms with E-state index in [2.05, 4.69) is 23.7 Å². The van der Waals surface area contributed by atoms with E-state index in [1.165, 1.54) is 19.4 Å². The van der Waals surface area contributed by atoms with Crippen molar-refractivity contribution in [3.8, 4) is 17.6 Å². The summed E-state index contributed by atoms with van der Waals surface area (Å²) in [6.45, 7) is 5.29. The molecule has 1 fully saturated rings. The van der Waals surface area contributed by atoms with Crippen LogP contribution in [0.5, 0.6) is 5.75 Å². The van der Waals surface area contributed by atoms with Crippen LogP contribution >= 0.6 is 0 Å². The van der Waals surface area contributed by atoms with Gasteiger partial charge in [0.25, 0.3) is 0 Å². The Labute approximate surface area is 121 Å². The molecule has 3 heteroatoms. The van der Waals surface area contributed by atoms with E-state index in [0.717, 1.165) is 24.5 Å². The molecule has 1 atom stereocenters. The second-order valence-electron chi connectivity index (χ2n) is 5.18. The average Bonchev–Trinajstić information content (AvgIpc) is 2.85. The lowest BCUT2D eigenvalue weighted by molar-refractivity contribution is 0.204. The van der Waals surface area contributed by atoms with Crippen LogP contribution in [0.4, 0.5) is 0 Å². The molecule has 108 valence electrons. The third kappa shape index (κ3) is 4.56. The van der Waals surface area contributed by atoms with Gasteiger partial charge in [0, 0.05) is 24.6 Å². The van der Waals surface area contributed by atoms with Crippen LogP contribution in [-0.2, 0) is 0 Å². The SMILES string of the molecule is CC1CCCN1CCOc1cccc(C#CCCO)c1. The van der Waals surface area contributed by atoms with Gasteiger partial charge in [0.05, 0.1) is 6.61 Å². The molecule has 0 amide bonds. The zero-order valence-electron chi connectivity index (χ0n) is 12.1. The predicted octanol–water partition coefficient (Wildman–Crippen LogP) is 2.28. The van der Waals surface area contributed by atoms with Crippen molar-refractivity contribution >= 4 is 0 Å². The highest BCUT2D eigenvalue weighted by atomic mass is 16.5. The first-order chi connectivity index (χ1) is 9.79. The number of likely N-dealkylation sites (tertiary alicyclic amines) is 1. The van der Waals surface area contributed by atoms with Gasteiger partial charge < -0.3 is 9.84 Å². The molecule has 1 aliphatic heterocycles. The number of ether oxygens (including phenoxy) is 1. The minimum absolute atomic E-state index is 0.108. The van der Waals surface area contributed by atoms with E-state index in [0.29, 0.717) is 12.5 Å². The molecule has 20 heavy (non-hydrogen) atoms. The molecule has 1 saturated heterocycles. The molecule has 2 rings (SSSR count). The predicted molar refractivity (Wildman–Crippen MR) is 80.8 cm³/mol. The number of benzene rings is 1. The average molecular weight is 273 g/mol. The summed E-state index contributed by atoms with van der Waals surface area (Å²) in [7, 11) is 0. The van der Waals surface area contributed by atoms with Gasteiger partial charge in [-0.05, 0) is 44.5 Å². The lowest BCUT2D eigenvalue weighted by Crippen LogP contribution is -2.31. The Bertz CT molecular complexity index is 475. The van der Waals surface area contributed by atoms with Crippen molar-refractivity contribution in [1.82, 2.24) is 4.90 Å². The Morgan fingerprint density at radius 3 is 3.10 bits per heavy atom. The number of aliphatic hydroxyl groups is 1. The van der Waals surface area contributed by atoms with Gasteiger partial charge in [-0.15, -0.1) is 0 Å². The van der Waals surface area contributed by atoms with Crippen molar-refractivity contribution in [2.24, 2.45) is 0 Å². The Morgan fingerprint density at radius 2 is 2.35 bits per heavy atom. The molecule has 1 N–H and O–H groups in total. The zero-order chi connectivity index (χ0) is 14.2. The second-order valence-corrected chi connectivity index (χ2v) is 5.18. The van der Waals surface area contributed by atoms with Crippen molar-refractivity contribution in [1.29, 1.82) is 0 Å². The Hall–Kier alpha value is -1.50. The molecule has 0 spiro atoms. The van der Waals surface area contributed by atoms with Crippen molar-refractivity contribution in [3.05, 3.63) is 29.8 Å². The normalized spacial score (nSPS) is 18.6. The highest BCUT2D eigenvalue weighted by Crippen LogP contribution is 2.16. The molecule has 0 aliphatic carbocycles. The Balaban J connectivity index is 1.81. The molecule has 1 unspecified atom stereocenters. The first-order valence-corrected chi connectivity index (χ1v) is 7.36. The van der Waals surface area contributed by atoms with E-state index in [1.807, 2.05) is 24.3 Å². The topological polar surface area (TPSA) is 32.7 Å². The molecule has 1 aromatic rings. The maximum absolute atomic E-state index is 8.71. The van der Waals surface area contributed by atoms with Crippen molar-refractivity contribution in [2.75, 3.05) is 26.3 Å². The van der Waals surface area contributed by atoms with E-state index in [9.17, 15) is 0 Å². The van der Waals surface area contributed by atoms with Crippen LogP contribution in [0.2, 0.25) is 0 Å². The second kappa shape index (κ2) is 7.94. The third-order valence-electron chi connectivity index (χ3n) is 3.64. The summed E-state index contributed by atoms with van der Waals surface area (Å²) in [4.78, 5) is 2.48. The van der Waals surface area contributed by atoms with Crippen LogP contribution in [0.1, 0.15) is 31.7 Å². The summed E-state index contributed by atoms with van der Waals surface area (Å²) in [6.07, 6.45) is 3.12. The monoisotopic (exact) mass is 273 g/mol. The highest BCUT2D eigenvalue weighted by Gasteiger charge is 2.19. The van der Waals surface area contributed by atoms with Crippen LogP contribution in [0.15, 0.2) is 24.3 Å². The fraction of sp³-hybridized carbons (Fsp3) is 0.529. The zero-order valence-corrected chi connectivity index (χ0v) is 12.1. The van der Waals surface area contributed by atoms with E-state index < -0.39 is 0 Å². The van der Waals surface area contributed by atoms with Crippen molar-refractivity contribution in [2.45, 2.75) is 32.2 Å². The number of aliphatic hydroxyl groups excluding tert-OH is 1. The van der Waals surface area contributed by atoms with Crippen molar-refractivity contribution in [3.63, 3.8) is 0 Å². The largest absolute Gasteiger partial charge is 0.492 e. The molecule has 0 radical (unpaired) electrons. The fourth-order valence-corrected chi connectivity index (χ4v) is 2.49. The lowest BCUT2D eigenvalue weighted by Gasteiger charge is -2.20. The molecular weight excluding hydrogens is 250 g/mol. The minimum atomic E-state index is 0.108. The quantitative estimate of drug-likeness (QED) is 0.836. The van der Waals surface area contributed by atoms with Gasteiger partial charge >= 0.3 is 0 Å². The van der Waals surface area contributed by atoms with Crippen LogP contribution < -0.4 is 4.74 Å². The number of rotatable bonds is 5. The third-order valence-corrected chi connectivity index (χ3v) is 3.64. The maximum Gasteiger partial charge on any atom is 0.120 e. The highest BCUT2D eigenvalue weighted by molar-refractivity contribution is 5.39. The van der Waals surface area contributed by atoms with Crippen LogP contribution in [0.25, 0.3) is 0 Å². The van der Waals surface area contributed by atoms with Crippen LogP contribution in [0.3, 0.4) is 0 Å². The molecule has 1 heterocycles. The first kappa shape index (κ1) is 14.9. The first-order valence-electron chi connectivity index (χ1n) is 7.36.